The van der Waals surface area contributed by atoms with Gasteiger partial charge >= 0.3 is 5.97 Å². The minimum absolute atomic E-state index is 0.139. The van der Waals surface area contributed by atoms with Crippen LogP contribution in [0.15, 0.2) is 18.2 Å². The van der Waals surface area contributed by atoms with Crippen molar-refractivity contribution in [2.75, 3.05) is 32.2 Å². The molecule has 1 rings (SSSR count). The van der Waals surface area contributed by atoms with Crippen molar-refractivity contribution in [1.29, 1.82) is 0 Å². The summed E-state index contributed by atoms with van der Waals surface area (Å²) in [6, 6.07) is 3.80. The van der Waals surface area contributed by atoms with Crippen LogP contribution in [-0.4, -0.2) is 54.5 Å². The highest BCUT2D eigenvalue weighted by atomic mass is 16.6. The number of likely N-dealkylation sites (N-methyl/N-ethyl adjacent to an activating group) is 1. The zero-order valence-corrected chi connectivity index (χ0v) is 11.1. The topological polar surface area (TPSA) is 113 Å². The second kappa shape index (κ2) is 6.83. The minimum atomic E-state index is -1.36. The van der Waals surface area contributed by atoms with E-state index in [1.807, 2.05) is 0 Å². The first-order valence-corrected chi connectivity index (χ1v) is 5.76. The van der Waals surface area contributed by atoms with E-state index in [9.17, 15) is 20.0 Å². The van der Waals surface area contributed by atoms with Gasteiger partial charge in [0.15, 0.2) is 0 Å². The zero-order valence-electron chi connectivity index (χ0n) is 11.1. The summed E-state index contributed by atoms with van der Waals surface area (Å²) in [4.78, 5) is 22.6. The van der Waals surface area contributed by atoms with Crippen LogP contribution in [0.5, 0.6) is 0 Å². The lowest BCUT2D eigenvalue weighted by Crippen LogP contribution is -2.31. The van der Waals surface area contributed by atoms with Crippen molar-refractivity contribution in [3.63, 3.8) is 0 Å². The number of carboxylic acid groups (broad SMARTS) is 1. The SMILES string of the molecule is COCC(O)CN(C)c1ccc(C(=O)O)c([N+](=O)[O-])c1. The van der Waals surface area contributed by atoms with Crippen LogP contribution in [0.1, 0.15) is 10.4 Å². The van der Waals surface area contributed by atoms with Gasteiger partial charge in [-0.2, -0.15) is 0 Å². The predicted molar refractivity (Wildman–Crippen MR) is 71.2 cm³/mol. The maximum absolute atomic E-state index is 10.9. The number of aliphatic hydroxyl groups is 1. The number of nitrogens with zero attached hydrogens (tertiary/aromatic N) is 2. The molecule has 1 atom stereocenters. The number of ether oxygens (including phenoxy) is 1. The fraction of sp³-hybridized carbons (Fsp3) is 0.417. The molecule has 0 amide bonds. The Morgan fingerprint density at radius 3 is 2.70 bits per heavy atom. The van der Waals surface area contributed by atoms with Gasteiger partial charge < -0.3 is 19.8 Å². The van der Waals surface area contributed by atoms with E-state index in [1.54, 1.807) is 11.9 Å². The number of carboxylic acids is 1. The van der Waals surface area contributed by atoms with Gasteiger partial charge in [-0.15, -0.1) is 0 Å². The minimum Gasteiger partial charge on any atom is -0.477 e. The molecule has 1 aromatic carbocycles. The highest BCUT2D eigenvalue weighted by molar-refractivity contribution is 5.93. The fourth-order valence-corrected chi connectivity index (χ4v) is 1.76. The van der Waals surface area contributed by atoms with E-state index in [1.165, 1.54) is 25.3 Å². The summed E-state index contributed by atoms with van der Waals surface area (Å²) >= 11 is 0. The third kappa shape index (κ3) is 3.90. The van der Waals surface area contributed by atoms with Gasteiger partial charge in [-0.3, -0.25) is 10.1 Å². The molecule has 0 saturated heterocycles. The van der Waals surface area contributed by atoms with E-state index in [-0.39, 0.29) is 18.7 Å². The number of hydrogen-bond acceptors (Lipinski definition) is 6. The molecule has 0 fully saturated rings. The lowest BCUT2D eigenvalue weighted by atomic mass is 10.1. The molecule has 0 aromatic heterocycles. The normalized spacial score (nSPS) is 11.9. The van der Waals surface area contributed by atoms with Gasteiger partial charge in [0.2, 0.25) is 0 Å². The van der Waals surface area contributed by atoms with Crippen LogP contribution in [0.25, 0.3) is 0 Å². The van der Waals surface area contributed by atoms with Gasteiger partial charge in [-0.1, -0.05) is 0 Å². The lowest BCUT2D eigenvalue weighted by molar-refractivity contribution is -0.385. The van der Waals surface area contributed by atoms with Crippen molar-refractivity contribution in [3.05, 3.63) is 33.9 Å². The third-order valence-electron chi connectivity index (χ3n) is 2.69. The van der Waals surface area contributed by atoms with Crippen LogP contribution in [0.4, 0.5) is 11.4 Å². The average molecular weight is 284 g/mol. The van der Waals surface area contributed by atoms with Crippen molar-refractivity contribution in [1.82, 2.24) is 0 Å². The highest BCUT2D eigenvalue weighted by Crippen LogP contribution is 2.25. The summed E-state index contributed by atoms with van der Waals surface area (Å²) < 4.78 is 4.79. The van der Waals surface area contributed by atoms with E-state index in [0.717, 1.165) is 0 Å². The van der Waals surface area contributed by atoms with Gasteiger partial charge in [0.05, 0.1) is 17.6 Å². The van der Waals surface area contributed by atoms with Gasteiger partial charge in [0.25, 0.3) is 5.69 Å². The molecule has 8 heteroatoms. The summed E-state index contributed by atoms with van der Waals surface area (Å²) in [6.45, 7) is 0.344. The molecule has 0 spiro atoms. The van der Waals surface area contributed by atoms with Crippen molar-refractivity contribution in [2.45, 2.75) is 6.10 Å². The fourth-order valence-electron chi connectivity index (χ4n) is 1.76. The highest BCUT2D eigenvalue weighted by Gasteiger charge is 2.21. The van der Waals surface area contributed by atoms with E-state index in [0.29, 0.717) is 5.69 Å². The molecule has 8 nitrogen and oxygen atoms in total. The number of benzene rings is 1. The molecular weight excluding hydrogens is 268 g/mol. The summed E-state index contributed by atoms with van der Waals surface area (Å²) in [5, 5.41) is 29.4. The number of methoxy groups -OCH3 is 1. The van der Waals surface area contributed by atoms with Crippen molar-refractivity contribution in [3.8, 4) is 0 Å². The number of aliphatic hydroxyl groups excluding tert-OH is 1. The van der Waals surface area contributed by atoms with Crippen molar-refractivity contribution < 1.29 is 24.7 Å². The summed E-state index contributed by atoms with van der Waals surface area (Å²) in [6.07, 6.45) is -0.747. The van der Waals surface area contributed by atoms with Gasteiger partial charge in [0, 0.05) is 32.5 Å². The van der Waals surface area contributed by atoms with E-state index in [2.05, 4.69) is 0 Å². The maximum atomic E-state index is 10.9. The molecule has 1 unspecified atom stereocenters. The zero-order chi connectivity index (χ0) is 15.3. The second-order valence-corrected chi connectivity index (χ2v) is 4.25. The third-order valence-corrected chi connectivity index (χ3v) is 2.69. The molecule has 110 valence electrons. The van der Waals surface area contributed by atoms with E-state index >= 15 is 0 Å². The number of hydrogen-bond donors (Lipinski definition) is 2. The number of carbonyl (C=O) groups is 1. The smallest absolute Gasteiger partial charge is 0.342 e. The average Bonchev–Trinajstić information content (AvgIpc) is 2.37. The first kappa shape index (κ1) is 15.9. The summed E-state index contributed by atoms with van der Waals surface area (Å²) in [7, 11) is 3.09. The molecule has 2 N–H and O–H groups in total. The Bertz CT molecular complexity index is 505. The van der Waals surface area contributed by atoms with Gasteiger partial charge in [-0.25, -0.2) is 4.79 Å². The van der Waals surface area contributed by atoms with E-state index < -0.39 is 22.7 Å². The molecule has 0 saturated carbocycles. The number of aromatic carboxylic acids is 1. The number of nitro benzene ring substituents is 1. The Kier molecular flexibility index (Phi) is 5.42. The Hall–Kier alpha value is -2.19. The Balaban J connectivity index is 2.99. The molecule has 0 aliphatic rings. The Morgan fingerprint density at radius 1 is 1.55 bits per heavy atom. The first-order valence-electron chi connectivity index (χ1n) is 5.76. The maximum Gasteiger partial charge on any atom is 0.342 e. The Labute approximate surface area is 115 Å². The molecule has 0 aliphatic heterocycles. The monoisotopic (exact) mass is 284 g/mol. The van der Waals surface area contributed by atoms with Crippen LogP contribution < -0.4 is 4.90 Å². The summed E-state index contributed by atoms with van der Waals surface area (Å²) in [5.74, 6) is -1.36. The molecule has 0 aliphatic carbocycles. The van der Waals surface area contributed by atoms with Crippen LogP contribution in [0.2, 0.25) is 0 Å². The van der Waals surface area contributed by atoms with Crippen LogP contribution in [0, 0.1) is 10.1 Å². The predicted octanol–water partition coefficient (Wildman–Crippen LogP) is 0.737. The van der Waals surface area contributed by atoms with Crippen LogP contribution in [-0.2, 0) is 4.74 Å². The second-order valence-electron chi connectivity index (χ2n) is 4.25. The van der Waals surface area contributed by atoms with Crippen molar-refractivity contribution in [2.24, 2.45) is 0 Å². The standard InChI is InChI=1S/C12H16N2O6/c1-13(6-9(15)7-20-2)8-3-4-10(12(16)17)11(5-8)14(18)19/h3-5,9,15H,6-7H2,1-2H3,(H,16,17). The van der Waals surface area contributed by atoms with Gasteiger partial charge in [0.1, 0.15) is 5.56 Å². The molecule has 0 heterocycles. The number of anilines is 1. The lowest BCUT2D eigenvalue weighted by Gasteiger charge is -2.22. The molecule has 0 radical (unpaired) electrons. The Morgan fingerprint density at radius 2 is 2.20 bits per heavy atom. The first-order chi connectivity index (χ1) is 9.36. The number of nitro groups is 1. The van der Waals surface area contributed by atoms with Gasteiger partial charge in [-0.05, 0) is 12.1 Å². The molecule has 1 aromatic rings. The van der Waals surface area contributed by atoms with E-state index in [4.69, 9.17) is 9.84 Å². The molecule has 0 bridgehead atoms. The quantitative estimate of drug-likeness (QED) is 0.560. The van der Waals surface area contributed by atoms with Crippen LogP contribution in [0.3, 0.4) is 0 Å². The molecule has 20 heavy (non-hydrogen) atoms. The largest absolute Gasteiger partial charge is 0.477 e. The summed E-state index contributed by atoms with van der Waals surface area (Å²) in [5.41, 5.74) is -0.412. The molecular formula is C12H16N2O6. The van der Waals surface area contributed by atoms with Crippen molar-refractivity contribution >= 4 is 17.3 Å². The van der Waals surface area contributed by atoms with Crippen LogP contribution >= 0.6 is 0 Å². The number of rotatable bonds is 7.